The van der Waals surface area contributed by atoms with E-state index in [0.717, 1.165) is 25.8 Å². The van der Waals surface area contributed by atoms with Gasteiger partial charge in [-0.1, -0.05) is 54.6 Å². The smallest absolute Gasteiger partial charge is 0.265 e. The van der Waals surface area contributed by atoms with Crippen LogP contribution in [0.1, 0.15) is 58.4 Å². The van der Waals surface area contributed by atoms with Crippen LogP contribution in [0.5, 0.6) is 0 Å². The number of hydrogen-bond donors (Lipinski definition) is 0. The second-order valence-corrected chi connectivity index (χ2v) is 9.62. The molecule has 3 aromatic heterocycles. The molecule has 0 spiro atoms. The molecule has 5 heteroatoms. The highest BCUT2D eigenvalue weighted by molar-refractivity contribution is 5.54. The highest BCUT2D eigenvalue weighted by Gasteiger charge is 2.60. The molecule has 0 saturated heterocycles. The van der Waals surface area contributed by atoms with Crippen molar-refractivity contribution in [2.75, 3.05) is 0 Å². The second-order valence-electron chi connectivity index (χ2n) is 9.62. The third kappa shape index (κ3) is 3.24. The van der Waals surface area contributed by atoms with Gasteiger partial charge in [-0.05, 0) is 36.1 Å². The van der Waals surface area contributed by atoms with E-state index in [-0.39, 0.29) is 29.8 Å². The third-order valence-electron chi connectivity index (χ3n) is 8.01. The normalized spacial score (nSPS) is 19.1. The van der Waals surface area contributed by atoms with Gasteiger partial charge in [-0.3, -0.25) is 0 Å². The lowest BCUT2D eigenvalue weighted by Gasteiger charge is -2.49. The summed E-state index contributed by atoms with van der Waals surface area (Å²) in [6.45, 7) is 0.996. The molecule has 0 N–H and O–H groups in total. The van der Waals surface area contributed by atoms with Crippen LogP contribution in [-0.2, 0) is 18.4 Å². The van der Waals surface area contributed by atoms with E-state index in [2.05, 4.69) is 88.3 Å². The van der Waals surface area contributed by atoms with E-state index >= 15 is 0 Å². The standard InChI is InChI=1S/C30H27N2O2.ClH/c1-2-7-22(8-3-1)9-6-14-31-15-16-32-27-19-30(23-12-17-33-20-23,24-13-18-34-21-24)28(29(31)32)26-11-5-4-10-25(26)27;/h1-5,7-8,10-13,15-18,20-21,27-28H,6,9,14,19H2;1H/q+1;/p-1. The molecule has 176 valence electrons. The molecule has 2 aromatic carbocycles. The van der Waals surface area contributed by atoms with E-state index < -0.39 is 0 Å². The fourth-order valence-electron chi connectivity index (χ4n) is 6.57. The molecule has 2 aliphatic heterocycles. The Hall–Kier alpha value is -3.50. The minimum atomic E-state index is -0.228. The van der Waals surface area contributed by atoms with Gasteiger partial charge < -0.3 is 21.2 Å². The number of furan rings is 2. The van der Waals surface area contributed by atoms with Gasteiger partial charge in [-0.2, -0.15) is 0 Å². The van der Waals surface area contributed by atoms with Crippen LogP contribution in [0, 0.1) is 0 Å². The molecule has 2 unspecified atom stereocenters. The van der Waals surface area contributed by atoms with Gasteiger partial charge in [0.05, 0.1) is 31.6 Å². The predicted octanol–water partition coefficient (Wildman–Crippen LogP) is 3.02. The van der Waals surface area contributed by atoms with Crippen molar-refractivity contribution >= 4 is 0 Å². The highest BCUT2D eigenvalue weighted by Crippen LogP contribution is 2.61. The molecule has 8 rings (SSSR count). The van der Waals surface area contributed by atoms with Gasteiger partial charge >= 0.3 is 0 Å². The summed E-state index contributed by atoms with van der Waals surface area (Å²) in [5.41, 5.74) is 6.48. The number of rotatable bonds is 6. The first-order chi connectivity index (χ1) is 16.9. The average molecular weight is 483 g/mol. The minimum Gasteiger partial charge on any atom is -1.00 e. The summed E-state index contributed by atoms with van der Waals surface area (Å²) in [5, 5.41) is 0. The molecule has 0 amide bonds. The first kappa shape index (κ1) is 22.0. The Morgan fingerprint density at radius 3 is 2.23 bits per heavy atom. The number of fused-ring (bicyclic) bond motifs is 1. The van der Waals surface area contributed by atoms with Crippen molar-refractivity contribution in [1.29, 1.82) is 0 Å². The van der Waals surface area contributed by atoms with E-state index in [1.807, 2.05) is 12.5 Å². The third-order valence-corrected chi connectivity index (χ3v) is 8.01. The van der Waals surface area contributed by atoms with Crippen molar-refractivity contribution in [2.45, 2.75) is 43.2 Å². The number of imidazole rings is 1. The molecule has 5 heterocycles. The largest absolute Gasteiger partial charge is 1.00 e. The van der Waals surface area contributed by atoms with Crippen molar-refractivity contribution in [1.82, 2.24) is 4.57 Å². The lowest BCUT2D eigenvalue weighted by Crippen LogP contribution is -3.00. The lowest BCUT2D eigenvalue weighted by atomic mass is 9.55. The van der Waals surface area contributed by atoms with Crippen LogP contribution in [-0.4, -0.2) is 4.57 Å². The summed E-state index contributed by atoms with van der Waals surface area (Å²) >= 11 is 0. The lowest BCUT2D eigenvalue weighted by molar-refractivity contribution is -0.706. The Morgan fingerprint density at radius 2 is 1.54 bits per heavy atom. The van der Waals surface area contributed by atoms with Gasteiger partial charge in [0, 0.05) is 28.5 Å². The quantitative estimate of drug-likeness (QED) is 0.349. The number of aromatic nitrogens is 2. The molecule has 0 radical (unpaired) electrons. The van der Waals surface area contributed by atoms with Gasteiger partial charge in [0.25, 0.3) is 5.82 Å². The van der Waals surface area contributed by atoms with Gasteiger partial charge in [-0.25, -0.2) is 9.13 Å². The number of nitrogens with zero attached hydrogens (tertiary/aromatic N) is 2. The zero-order chi connectivity index (χ0) is 22.5. The Morgan fingerprint density at radius 1 is 0.857 bits per heavy atom. The first-order valence-corrected chi connectivity index (χ1v) is 12.1. The topological polar surface area (TPSA) is 35.1 Å². The summed E-state index contributed by atoms with van der Waals surface area (Å²) in [6.07, 6.45) is 15.2. The maximum absolute atomic E-state index is 5.66. The van der Waals surface area contributed by atoms with Crippen LogP contribution in [0.2, 0.25) is 0 Å². The molecule has 2 atom stereocenters. The monoisotopic (exact) mass is 482 g/mol. The van der Waals surface area contributed by atoms with Crippen LogP contribution in [0.3, 0.4) is 0 Å². The molecule has 0 saturated carbocycles. The molecule has 3 aliphatic rings. The number of halogens is 1. The van der Waals surface area contributed by atoms with E-state index in [0.29, 0.717) is 0 Å². The minimum absolute atomic E-state index is 0. The summed E-state index contributed by atoms with van der Waals surface area (Å²) in [7, 11) is 0. The maximum atomic E-state index is 5.66. The summed E-state index contributed by atoms with van der Waals surface area (Å²) in [4.78, 5) is 0. The van der Waals surface area contributed by atoms with E-state index in [1.165, 1.54) is 33.6 Å². The summed E-state index contributed by atoms with van der Waals surface area (Å²) in [6, 6.07) is 24.3. The maximum Gasteiger partial charge on any atom is 0.265 e. The number of aryl methyl sites for hydroxylation is 2. The first-order valence-electron chi connectivity index (χ1n) is 12.1. The van der Waals surface area contributed by atoms with Crippen molar-refractivity contribution in [3.63, 3.8) is 0 Å². The molecule has 1 aliphatic carbocycles. The Kier molecular flexibility index (Phi) is 5.42. The van der Waals surface area contributed by atoms with Gasteiger partial charge in [0.1, 0.15) is 24.4 Å². The van der Waals surface area contributed by atoms with Gasteiger partial charge in [0.2, 0.25) is 0 Å². The predicted molar refractivity (Wildman–Crippen MR) is 129 cm³/mol. The van der Waals surface area contributed by atoms with Gasteiger partial charge in [0.15, 0.2) is 0 Å². The molecule has 2 bridgehead atoms. The molecule has 35 heavy (non-hydrogen) atoms. The second kappa shape index (κ2) is 8.62. The number of hydrogen-bond acceptors (Lipinski definition) is 2. The fraction of sp³-hybridized carbons (Fsp3) is 0.233. The molecular weight excluding hydrogens is 456 g/mol. The SMILES string of the molecule is [Cl-].c1ccc(CCC[n+]2ccn3c2C2c4ccccc4C3CC2(c2ccoc2)c2ccoc2)cc1. The Bertz CT molecular complexity index is 1390. The Labute approximate surface area is 211 Å². The van der Waals surface area contributed by atoms with Crippen molar-refractivity contribution in [3.8, 4) is 0 Å². The van der Waals surface area contributed by atoms with Crippen LogP contribution in [0.15, 0.2) is 113 Å². The highest BCUT2D eigenvalue weighted by atomic mass is 35.5. The van der Waals surface area contributed by atoms with Crippen molar-refractivity contribution in [3.05, 3.63) is 138 Å². The van der Waals surface area contributed by atoms with Crippen LogP contribution in [0.25, 0.3) is 0 Å². The van der Waals surface area contributed by atoms with E-state index in [9.17, 15) is 0 Å². The van der Waals surface area contributed by atoms with Crippen LogP contribution < -0.4 is 17.0 Å². The Balaban J connectivity index is 0.00000229. The zero-order valence-corrected chi connectivity index (χ0v) is 20.1. The van der Waals surface area contributed by atoms with Crippen LogP contribution in [0.4, 0.5) is 0 Å². The van der Waals surface area contributed by atoms with Crippen LogP contribution >= 0.6 is 0 Å². The van der Waals surface area contributed by atoms with E-state index in [1.54, 1.807) is 12.5 Å². The molecule has 5 aromatic rings. The molecule has 4 nitrogen and oxygen atoms in total. The fourth-order valence-corrected chi connectivity index (χ4v) is 6.57. The van der Waals surface area contributed by atoms with E-state index in [4.69, 9.17) is 8.83 Å². The number of benzene rings is 2. The molecule has 0 fully saturated rings. The summed E-state index contributed by atoms with van der Waals surface area (Å²) in [5.74, 6) is 1.56. The average Bonchev–Trinajstić information content (AvgIpc) is 3.68. The molecular formula is C30H27ClN2O2. The van der Waals surface area contributed by atoms with Crippen molar-refractivity contribution < 1.29 is 25.8 Å². The zero-order valence-electron chi connectivity index (χ0n) is 19.4. The summed E-state index contributed by atoms with van der Waals surface area (Å²) < 4.78 is 16.3. The van der Waals surface area contributed by atoms with Crippen molar-refractivity contribution in [2.24, 2.45) is 0 Å². The van der Waals surface area contributed by atoms with Gasteiger partial charge in [-0.15, -0.1) is 0 Å².